The van der Waals surface area contributed by atoms with Gasteiger partial charge in [0.2, 0.25) is 15.9 Å². The number of hydrogen-bond donors (Lipinski definition) is 1. The van der Waals surface area contributed by atoms with Crippen molar-refractivity contribution in [1.82, 2.24) is 9.62 Å². The Kier molecular flexibility index (Phi) is 9.28. The van der Waals surface area contributed by atoms with E-state index in [0.29, 0.717) is 50.8 Å². The van der Waals surface area contributed by atoms with E-state index in [-0.39, 0.29) is 34.8 Å². The number of likely N-dealkylation sites (tertiary alicyclic amines) is 1. The Morgan fingerprint density at radius 1 is 1.10 bits per heavy atom. The maximum absolute atomic E-state index is 13.5. The van der Waals surface area contributed by atoms with Crippen molar-refractivity contribution in [3.8, 4) is 5.75 Å². The summed E-state index contributed by atoms with van der Waals surface area (Å²) >= 11 is 6.44. The maximum Gasteiger partial charge on any atom is 0.264 e. The van der Waals surface area contributed by atoms with Gasteiger partial charge in [-0.2, -0.15) is 0 Å². The van der Waals surface area contributed by atoms with Crippen LogP contribution in [0.1, 0.15) is 73.9 Å². The van der Waals surface area contributed by atoms with E-state index in [0.717, 1.165) is 55.9 Å². The van der Waals surface area contributed by atoms with Gasteiger partial charge in [0.05, 0.1) is 30.3 Å². The largest absolute Gasteiger partial charge is 0.490 e. The van der Waals surface area contributed by atoms with Crippen molar-refractivity contribution in [2.24, 2.45) is 17.8 Å². The van der Waals surface area contributed by atoms with Crippen LogP contribution >= 0.6 is 11.6 Å². The molecular weight excluding hydrogens is 650 g/mol. The summed E-state index contributed by atoms with van der Waals surface area (Å²) in [6.45, 7) is 7.32. The molecular formula is C37H46ClN3O6S. The summed E-state index contributed by atoms with van der Waals surface area (Å²) in [6, 6.07) is 11.5. The minimum absolute atomic E-state index is 0.146. The number of fused-ring (bicyclic) bond motifs is 4. The van der Waals surface area contributed by atoms with Gasteiger partial charge in [0.1, 0.15) is 5.75 Å². The minimum Gasteiger partial charge on any atom is -0.490 e. The molecule has 2 fully saturated rings. The average molecular weight is 696 g/mol. The quantitative estimate of drug-likeness (QED) is 0.333. The lowest BCUT2D eigenvalue weighted by Crippen LogP contribution is -2.50. The van der Waals surface area contributed by atoms with Gasteiger partial charge in [-0.05, 0) is 105 Å². The summed E-state index contributed by atoms with van der Waals surface area (Å²) in [5.41, 5.74) is 3.35. The zero-order valence-corrected chi connectivity index (χ0v) is 29.4. The third-order valence-corrected chi connectivity index (χ3v) is 13.8. The van der Waals surface area contributed by atoms with Crippen LogP contribution in [0.15, 0.2) is 48.6 Å². The van der Waals surface area contributed by atoms with E-state index in [1.807, 2.05) is 30.0 Å². The highest BCUT2D eigenvalue weighted by Crippen LogP contribution is 2.47. The van der Waals surface area contributed by atoms with E-state index in [1.165, 1.54) is 11.1 Å². The molecule has 0 radical (unpaired) electrons. The summed E-state index contributed by atoms with van der Waals surface area (Å²) in [5.74, 6) is 0.613. The van der Waals surface area contributed by atoms with Gasteiger partial charge >= 0.3 is 0 Å². The fourth-order valence-electron chi connectivity index (χ4n) is 8.22. The second-order valence-electron chi connectivity index (χ2n) is 14.6. The van der Waals surface area contributed by atoms with E-state index in [9.17, 15) is 18.0 Å². The van der Waals surface area contributed by atoms with Crippen molar-refractivity contribution in [3.05, 3.63) is 70.3 Å². The van der Waals surface area contributed by atoms with Gasteiger partial charge in [0.25, 0.3) is 5.91 Å². The van der Waals surface area contributed by atoms with E-state index in [1.54, 1.807) is 19.1 Å². The Morgan fingerprint density at radius 3 is 2.71 bits per heavy atom. The number of amides is 2. The average Bonchev–Trinajstić information content (AvgIpc) is 3.19. The molecule has 1 spiro atoms. The van der Waals surface area contributed by atoms with Gasteiger partial charge in [-0.25, -0.2) is 13.1 Å². The Labute approximate surface area is 289 Å². The minimum atomic E-state index is -3.94. The molecule has 48 heavy (non-hydrogen) atoms. The van der Waals surface area contributed by atoms with Crippen LogP contribution in [0, 0.1) is 17.8 Å². The number of sulfonamides is 1. The highest BCUT2D eigenvalue weighted by molar-refractivity contribution is 7.90. The number of carbonyl (C=O) groups excluding carboxylic acids is 2. The second-order valence-corrected chi connectivity index (χ2v) is 17.1. The number of anilines is 1. The Morgan fingerprint density at radius 2 is 1.96 bits per heavy atom. The van der Waals surface area contributed by atoms with Gasteiger partial charge in [-0.15, -0.1) is 0 Å². The topological polar surface area (TPSA) is 105 Å². The molecule has 0 aromatic heterocycles. The van der Waals surface area contributed by atoms with Crippen LogP contribution in [0.3, 0.4) is 0 Å². The molecule has 2 bridgehead atoms. The zero-order chi connectivity index (χ0) is 33.6. The van der Waals surface area contributed by atoms with Crippen LogP contribution < -0.4 is 14.4 Å². The molecule has 5 aliphatic rings. The first-order valence-electron chi connectivity index (χ1n) is 17.5. The van der Waals surface area contributed by atoms with Crippen molar-refractivity contribution in [2.75, 3.05) is 44.3 Å². The summed E-state index contributed by atoms with van der Waals surface area (Å²) in [5, 5.41) is -0.0505. The van der Waals surface area contributed by atoms with Gasteiger partial charge in [0.15, 0.2) is 0 Å². The smallest absolute Gasteiger partial charge is 0.264 e. The first kappa shape index (κ1) is 33.4. The van der Waals surface area contributed by atoms with E-state index in [4.69, 9.17) is 21.1 Å². The van der Waals surface area contributed by atoms with Crippen molar-refractivity contribution < 1.29 is 27.5 Å². The number of hydrogen-bond acceptors (Lipinski definition) is 7. The number of carbonyl (C=O) groups is 2. The first-order valence-corrected chi connectivity index (χ1v) is 19.4. The summed E-state index contributed by atoms with van der Waals surface area (Å²) < 4.78 is 42.3. The molecule has 2 aromatic rings. The lowest BCUT2D eigenvalue weighted by Gasteiger charge is -2.46. The van der Waals surface area contributed by atoms with Crippen molar-refractivity contribution >= 4 is 39.1 Å². The number of β-lactam (4-membered cyclic amide) rings is 1. The molecule has 9 nitrogen and oxygen atoms in total. The molecule has 3 aliphatic heterocycles. The molecule has 1 saturated heterocycles. The van der Waals surface area contributed by atoms with Gasteiger partial charge < -0.3 is 19.3 Å². The third-order valence-electron chi connectivity index (χ3n) is 11.6. The summed E-state index contributed by atoms with van der Waals surface area (Å²) in [7, 11) is -3.94. The molecule has 1 N–H and O–H groups in total. The molecule has 2 aromatic carbocycles. The lowest BCUT2D eigenvalue weighted by atomic mass is 9.68. The number of aryl methyl sites for hydroxylation is 1. The predicted molar refractivity (Wildman–Crippen MR) is 186 cm³/mol. The standard InChI is InChI=1S/C37H46ClN3O6S/c1-24-5-3-7-33(46-18-17-40-16-14-35(40)42)30-11-8-28(30)21-41-22-37(15-4-6-26-19-29(38)10-12-31(26)37)23-47-34-13-9-27(20-32(34)41)36(43)39-48(44,45)25(24)2/h3,7,9-10,12-13,19-20,24-25,28,30,33H,4-6,8,11,14-18,21-23H2,1-2H3,(H,39,43)/b7-3+/t24-,25+,28-,30+,33-,37-/m0/s1. The third kappa shape index (κ3) is 6.48. The number of nitrogens with one attached hydrogen (secondary N) is 1. The number of benzene rings is 2. The summed E-state index contributed by atoms with van der Waals surface area (Å²) in [4.78, 5) is 29.6. The highest BCUT2D eigenvalue weighted by atomic mass is 35.5. The molecule has 2 aliphatic carbocycles. The van der Waals surface area contributed by atoms with Crippen LogP contribution in [0.25, 0.3) is 0 Å². The van der Waals surface area contributed by atoms with E-state index < -0.39 is 21.2 Å². The molecule has 1 saturated carbocycles. The number of rotatable bonds is 4. The fourth-order valence-corrected chi connectivity index (χ4v) is 9.70. The van der Waals surface area contributed by atoms with E-state index >= 15 is 0 Å². The molecule has 0 unspecified atom stereocenters. The van der Waals surface area contributed by atoms with Gasteiger partial charge in [0, 0.05) is 48.6 Å². The SMILES string of the molecule is C[C@@H]1[C@@H](C)C/C=C/[C@H](OCCN2CCC2=O)[C@@H]2CC[C@H]2CN2C[C@@]3(CCCc4cc(Cl)ccc43)COc3ccc(cc32)C(=O)NS1(=O)=O. The Hall–Kier alpha value is -3.08. The maximum atomic E-state index is 13.5. The van der Waals surface area contributed by atoms with Crippen molar-refractivity contribution in [3.63, 3.8) is 0 Å². The van der Waals surface area contributed by atoms with Crippen molar-refractivity contribution in [1.29, 1.82) is 0 Å². The normalized spacial score (nSPS) is 32.1. The van der Waals surface area contributed by atoms with Crippen LogP contribution in [0.2, 0.25) is 5.02 Å². The molecule has 11 heteroatoms. The highest BCUT2D eigenvalue weighted by Gasteiger charge is 2.45. The number of halogens is 1. The van der Waals surface area contributed by atoms with Gasteiger partial charge in [-0.1, -0.05) is 36.7 Å². The first-order chi connectivity index (χ1) is 23.0. The number of nitrogens with zero attached hydrogens (tertiary/aromatic N) is 2. The molecule has 7 rings (SSSR count). The van der Waals surface area contributed by atoms with Crippen LogP contribution in [0.5, 0.6) is 5.75 Å². The van der Waals surface area contributed by atoms with Crippen LogP contribution in [-0.4, -0.2) is 75.9 Å². The van der Waals surface area contributed by atoms with E-state index in [2.05, 4.69) is 27.8 Å². The Balaban J connectivity index is 1.25. The molecule has 258 valence electrons. The molecule has 2 amide bonds. The zero-order valence-electron chi connectivity index (χ0n) is 27.8. The second kappa shape index (κ2) is 13.3. The lowest BCUT2D eigenvalue weighted by molar-refractivity contribution is -0.141. The summed E-state index contributed by atoms with van der Waals surface area (Å²) in [6.07, 6.45) is 10.2. The molecule has 6 atom stereocenters. The molecule has 3 heterocycles. The predicted octanol–water partition coefficient (Wildman–Crippen LogP) is 5.50. The van der Waals surface area contributed by atoms with Gasteiger partial charge in [-0.3, -0.25) is 9.59 Å². The number of ether oxygens (including phenoxy) is 2. The monoisotopic (exact) mass is 695 g/mol. The Bertz CT molecular complexity index is 1710. The number of allylic oxidation sites excluding steroid dienone is 1. The van der Waals surface area contributed by atoms with Crippen LogP contribution in [0.4, 0.5) is 5.69 Å². The van der Waals surface area contributed by atoms with Crippen molar-refractivity contribution in [2.45, 2.75) is 75.6 Å². The fraction of sp³-hybridized carbons (Fsp3) is 0.568. The van der Waals surface area contributed by atoms with Crippen LogP contribution in [-0.2, 0) is 31.4 Å².